The second kappa shape index (κ2) is 7.32. The molecule has 1 heterocycles. The maximum atomic E-state index is 12.5. The Bertz CT molecular complexity index is 613. The molecule has 2 aliphatic rings. The Kier molecular flexibility index (Phi) is 5.16. The van der Waals surface area contributed by atoms with Crippen LogP contribution in [0.15, 0.2) is 24.3 Å². The highest BCUT2D eigenvalue weighted by molar-refractivity contribution is 5.83. The van der Waals surface area contributed by atoms with Gasteiger partial charge in [-0.25, -0.2) is 0 Å². The molecule has 3 rings (SSSR count). The third kappa shape index (κ3) is 3.60. The minimum atomic E-state index is -0.809. The first-order valence-corrected chi connectivity index (χ1v) is 8.54. The molecule has 1 aromatic rings. The minimum Gasteiger partial charge on any atom is -0.480 e. The van der Waals surface area contributed by atoms with Gasteiger partial charge in [-0.1, -0.05) is 31.2 Å². The Labute approximate surface area is 141 Å². The molecule has 130 valence electrons. The van der Waals surface area contributed by atoms with Gasteiger partial charge in [0.25, 0.3) is 5.91 Å². The fourth-order valence-electron chi connectivity index (χ4n) is 3.56. The summed E-state index contributed by atoms with van der Waals surface area (Å²) in [6.45, 7) is 3.28. The third-order valence-electron chi connectivity index (χ3n) is 4.95. The third-order valence-corrected chi connectivity index (χ3v) is 4.95. The monoisotopic (exact) mass is 332 g/mol. The van der Waals surface area contributed by atoms with Crippen LogP contribution in [0.1, 0.15) is 37.0 Å². The van der Waals surface area contributed by atoms with Gasteiger partial charge in [-0.15, -0.1) is 0 Å². The van der Waals surface area contributed by atoms with Gasteiger partial charge >= 0.3 is 5.97 Å². The maximum absolute atomic E-state index is 12.5. The lowest BCUT2D eigenvalue weighted by molar-refractivity contribution is -0.140. The van der Waals surface area contributed by atoms with Gasteiger partial charge in [0.15, 0.2) is 6.10 Å². The van der Waals surface area contributed by atoms with Gasteiger partial charge < -0.3 is 15.2 Å². The van der Waals surface area contributed by atoms with Crippen LogP contribution in [0.4, 0.5) is 0 Å². The molecule has 1 fully saturated rings. The van der Waals surface area contributed by atoms with Crippen molar-refractivity contribution in [1.82, 2.24) is 10.2 Å². The Balaban J connectivity index is 1.54. The topological polar surface area (TPSA) is 78.9 Å². The van der Waals surface area contributed by atoms with Gasteiger partial charge in [-0.3, -0.25) is 14.5 Å². The molecular weight excluding hydrogens is 308 g/mol. The SMILES string of the molecule is CCN(CC(=O)O)C1CC(NC(=O)C2OCCc3ccccc32)C1. The van der Waals surface area contributed by atoms with E-state index in [1.807, 2.05) is 36.1 Å². The Morgan fingerprint density at radius 1 is 1.33 bits per heavy atom. The van der Waals surface area contributed by atoms with Gasteiger partial charge in [-0.2, -0.15) is 0 Å². The minimum absolute atomic E-state index is 0.0565. The molecule has 0 aromatic heterocycles. The van der Waals surface area contributed by atoms with E-state index in [2.05, 4.69) is 5.32 Å². The van der Waals surface area contributed by atoms with Crippen molar-refractivity contribution in [2.75, 3.05) is 19.7 Å². The van der Waals surface area contributed by atoms with Crippen molar-refractivity contribution in [3.05, 3.63) is 35.4 Å². The number of nitrogens with zero attached hydrogens (tertiary/aromatic N) is 1. The number of fused-ring (bicyclic) bond motifs is 1. The predicted octanol–water partition coefficient (Wildman–Crippen LogP) is 1.35. The lowest BCUT2D eigenvalue weighted by Crippen LogP contribution is -2.55. The van der Waals surface area contributed by atoms with E-state index < -0.39 is 12.1 Å². The van der Waals surface area contributed by atoms with Gasteiger partial charge in [-0.05, 0) is 36.9 Å². The summed E-state index contributed by atoms with van der Waals surface area (Å²) in [6, 6.07) is 8.24. The molecule has 1 unspecified atom stereocenters. The molecule has 2 N–H and O–H groups in total. The number of hydrogen-bond donors (Lipinski definition) is 2. The van der Waals surface area contributed by atoms with E-state index in [4.69, 9.17) is 9.84 Å². The summed E-state index contributed by atoms with van der Waals surface area (Å²) in [6.07, 6.45) is 1.89. The molecule has 24 heavy (non-hydrogen) atoms. The number of amides is 1. The lowest BCUT2D eigenvalue weighted by Gasteiger charge is -2.42. The molecule has 1 atom stereocenters. The zero-order valence-corrected chi connectivity index (χ0v) is 13.9. The zero-order valence-electron chi connectivity index (χ0n) is 13.9. The van der Waals surface area contributed by atoms with Crippen molar-refractivity contribution >= 4 is 11.9 Å². The molecule has 6 heteroatoms. The van der Waals surface area contributed by atoms with Gasteiger partial charge in [0.1, 0.15) is 0 Å². The standard InChI is InChI=1S/C18H24N2O4/c1-2-20(11-16(21)22)14-9-13(10-14)19-18(23)17-15-6-4-3-5-12(15)7-8-24-17/h3-6,13-14,17H,2,7-11H2,1H3,(H,19,23)(H,21,22). The fourth-order valence-corrected chi connectivity index (χ4v) is 3.56. The van der Waals surface area contributed by atoms with Gasteiger partial charge in [0.05, 0.1) is 13.2 Å². The first-order chi connectivity index (χ1) is 11.6. The van der Waals surface area contributed by atoms with E-state index in [1.165, 1.54) is 5.56 Å². The van der Waals surface area contributed by atoms with Crippen LogP contribution in [0.3, 0.4) is 0 Å². The summed E-state index contributed by atoms with van der Waals surface area (Å²) in [5, 5.41) is 12.0. The normalized spacial score (nSPS) is 25.7. The molecule has 1 amide bonds. The summed E-state index contributed by atoms with van der Waals surface area (Å²) in [5.41, 5.74) is 2.13. The number of carboxylic acids is 1. The molecule has 0 radical (unpaired) electrons. The number of hydrogen-bond acceptors (Lipinski definition) is 4. The van der Waals surface area contributed by atoms with Crippen LogP contribution >= 0.6 is 0 Å². The number of carboxylic acid groups (broad SMARTS) is 1. The smallest absolute Gasteiger partial charge is 0.317 e. The van der Waals surface area contributed by atoms with Crippen LogP contribution < -0.4 is 5.32 Å². The Morgan fingerprint density at radius 3 is 2.79 bits per heavy atom. The summed E-state index contributed by atoms with van der Waals surface area (Å²) in [5.74, 6) is -0.900. The second-order valence-electron chi connectivity index (χ2n) is 6.49. The predicted molar refractivity (Wildman–Crippen MR) is 88.7 cm³/mol. The van der Waals surface area contributed by atoms with E-state index in [0.717, 1.165) is 24.8 Å². The van der Waals surface area contributed by atoms with Crippen molar-refractivity contribution < 1.29 is 19.4 Å². The average molecular weight is 332 g/mol. The number of nitrogens with one attached hydrogen (secondary N) is 1. The van der Waals surface area contributed by atoms with Gasteiger partial charge in [0, 0.05) is 12.1 Å². The Hall–Kier alpha value is -1.92. The molecule has 1 aliphatic heterocycles. The van der Waals surface area contributed by atoms with E-state index in [1.54, 1.807) is 0 Å². The summed E-state index contributed by atoms with van der Waals surface area (Å²) >= 11 is 0. The number of carbonyl (C=O) groups excluding carboxylic acids is 1. The van der Waals surface area contributed by atoms with Crippen LogP contribution in [0.25, 0.3) is 0 Å². The van der Waals surface area contributed by atoms with Crippen molar-refractivity contribution in [2.24, 2.45) is 0 Å². The fraction of sp³-hybridized carbons (Fsp3) is 0.556. The van der Waals surface area contributed by atoms with Crippen molar-refractivity contribution in [3.63, 3.8) is 0 Å². The molecule has 0 spiro atoms. The molecule has 1 aliphatic carbocycles. The quantitative estimate of drug-likeness (QED) is 0.822. The van der Waals surface area contributed by atoms with E-state index in [-0.39, 0.29) is 24.5 Å². The molecule has 1 saturated carbocycles. The van der Waals surface area contributed by atoms with Crippen LogP contribution in [0, 0.1) is 0 Å². The number of likely N-dealkylation sites (N-methyl/N-ethyl adjacent to an activating group) is 1. The number of rotatable bonds is 6. The molecular formula is C18H24N2O4. The molecule has 0 bridgehead atoms. The van der Waals surface area contributed by atoms with Crippen molar-refractivity contribution in [1.29, 1.82) is 0 Å². The summed E-state index contributed by atoms with van der Waals surface area (Å²) < 4.78 is 5.68. The lowest BCUT2D eigenvalue weighted by atomic mass is 9.85. The van der Waals surface area contributed by atoms with Crippen molar-refractivity contribution in [2.45, 2.75) is 44.4 Å². The van der Waals surface area contributed by atoms with Crippen LogP contribution in [0.2, 0.25) is 0 Å². The average Bonchev–Trinajstić information content (AvgIpc) is 2.55. The highest BCUT2D eigenvalue weighted by atomic mass is 16.5. The number of ether oxygens (including phenoxy) is 1. The number of aliphatic carboxylic acids is 1. The van der Waals surface area contributed by atoms with E-state index >= 15 is 0 Å². The Morgan fingerprint density at radius 2 is 2.08 bits per heavy atom. The first-order valence-electron chi connectivity index (χ1n) is 8.54. The highest BCUT2D eigenvalue weighted by Crippen LogP contribution is 2.30. The van der Waals surface area contributed by atoms with Crippen LogP contribution in [-0.4, -0.2) is 53.7 Å². The number of benzene rings is 1. The highest BCUT2D eigenvalue weighted by Gasteiger charge is 2.36. The van der Waals surface area contributed by atoms with E-state index in [0.29, 0.717) is 13.2 Å². The van der Waals surface area contributed by atoms with Crippen LogP contribution in [-0.2, 0) is 20.7 Å². The van der Waals surface area contributed by atoms with Crippen molar-refractivity contribution in [3.8, 4) is 0 Å². The first kappa shape index (κ1) is 16.9. The molecule has 1 aromatic carbocycles. The summed E-state index contributed by atoms with van der Waals surface area (Å²) in [7, 11) is 0. The van der Waals surface area contributed by atoms with E-state index in [9.17, 15) is 9.59 Å². The second-order valence-corrected chi connectivity index (χ2v) is 6.49. The zero-order chi connectivity index (χ0) is 17.1. The van der Waals surface area contributed by atoms with Crippen LogP contribution in [0.5, 0.6) is 0 Å². The molecule has 0 saturated heterocycles. The maximum Gasteiger partial charge on any atom is 0.317 e. The largest absolute Gasteiger partial charge is 0.480 e. The number of carbonyl (C=O) groups is 2. The van der Waals surface area contributed by atoms with Gasteiger partial charge in [0.2, 0.25) is 0 Å². The summed E-state index contributed by atoms with van der Waals surface area (Å²) in [4.78, 5) is 25.4. The molecule has 6 nitrogen and oxygen atoms in total.